The molecule has 1 N–H and O–H groups in total. The number of pyridine rings is 1. The zero-order chi connectivity index (χ0) is 15.5. The molecule has 2 rings (SSSR count). The average Bonchev–Trinajstić information content (AvgIpc) is 2.82. The van der Waals surface area contributed by atoms with Crippen LogP contribution in [0.2, 0.25) is 5.02 Å². The molecule has 0 fully saturated rings. The summed E-state index contributed by atoms with van der Waals surface area (Å²) in [4.78, 5) is 15.2. The maximum absolute atomic E-state index is 12.0. The number of hydrogen-bond donors (Lipinski definition) is 1. The number of carbonyl (C=O) groups excluding carboxylic acids is 1. The Morgan fingerprint density at radius 3 is 2.76 bits per heavy atom. The molecule has 6 nitrogen and oxygen atoms in total. The molecule has 2 aromatic heterocycles. The van der Waals surface area contributed by atoms with E-state index in [0.717, 1.165) is 12.0 Å². The number of hydrogen-bond acceptors (Lipinski definition) is 5. The molecule has 0 aliphatic carbocycles. The molecule has 0 saturated carbocycles. The van der Waals surface area contributed by atoms with Gasteiger partial charge in [0.1, 0.15) is 16.4 Å². The highest BCUT2D eigenvalue weighted by Crippen LogP contribution is 2.14. The van der Waals surface area contributed by atoms with Gasteiger partial charge in [-0.15, -0.1) is 0 Å². The molecular weight excluding hydrogens is 316 g/mol. The van der Waals surface area contributed by atoms with Crippen LogP contribution in [-0.4, -0.2) is 19.3 Å². The molecule has 0 bridgehead atoms. The van der Waals surface area contributed by atoms with Crippen LogP contribution in [0.25, 0.3) is 0 Å². The molecule has 2 heterocycles. The number of sulfonamides is 1. The van der Waals surface area contributed by atoms with Gasteiger partial charge in [0.05, 0.1) is 5.02 Å². The minimum Gasteiger partial charge on any atom is -0.466 e. The van der Waals surface area contributed by atoms with Gasteiger partial charge < -0.3 is 4.42 Å². The van der Waals surface area contributed by atoms with Gasteiger partial charge in [0.15, 0.2) is 0 Å². The van der Waals surface area contributed by atoms with Crippen LogP contribution in [0.1, 0.15) is 17.9 Å². The van der Waals surface area contributed by atoms with Crippen molar-refractivity contribution in [1.82, 2.24) is 9.71 Å². The maximum Gasteiger partial charge on any atom is 0.265 e. The Morgan fingerprint density at radius 2 is 2.14 bits per heavy atom. The van der Waals surface area contributed by atoms with Crippen LogP contribution in [0.3, 0.4) is 0 Å². The van der Waals surface area contributed by atoms with Crippen molar-refractivity contribution in [2.75, 3.05) is 0 Å². The normalized spacial score (nSPS) is 11.3. The first-order valence-corrected chi connectivity index (χ1v) is 7.94. The van der Waals surface area contributed by atoms with Crippen molar-refractivity contribution < 1.29 is 17.6 Å². The summed E-state index contributed by atoms with van der Waals surface area (Å²) in [6.07, 6.45) is 2.75. The van der Waals surface area contributed by atoms with E-state index in [1.807, 2.05) is 4.72 Å². The molecule has 8 heteroatoms. The summed E-state index contributed by atoms with van der Waals surface area (Å²) in [7, 11) is -3.96. The minimum atomic E-state index is -3.96. The predicted octanol–water partition coefficient (Wildman–Crippen LogP) is 2.07. The number of aryl methyl sites for hydroxylation is 2. The Labute approximate surface area is 127 Å². The average molecular weight is 329 g/mol. The van der Waals surface area contributed by atoms with E-state index in [0.29, 0.717) is 12.2 Å². The van der Waals surface area contributed by atoms with E-state index in [1.165, 1.54) is 12.3 Å². The van der Waals surface area contributed by atoms with Crippen molar-refractivity contribution in [3.63, 3.8) is 0 Å². The van der Waals surface area contributed by atoms with Crippen molar-refractivity contribution in [1.29, 1.82) is 0 Å². The van der Waals surface area contributed by atoms with Crippen LogP contribution < -0.4 is 4.72 Å². The number of furan rings is 1. The molecule has 0 atom stereocenters. The lowest BCUT2D eigenvalue weighted by Gasteiger charge is -2.06. The maximum atomic E-state index is 12.0. The molecule has 1 amide bonds. The van der Waals surface area contributed by atoms with Crippen LogP contribution in [0.15, 0.2) is 39.9 Å². The van der Waals surface area contributed by atoms with Crippen LogP contribution in [-0.2, 0) is 21.2 Å². The van der Waals surface area contributed by atoms with Crippen molar-refractivity contribution in [2.24, 2.45) is 0 Å². The lowest BCUT2D eigenvalue weighted by atomic mass is 10.2. The molecule has 0 radical (unpaired) electrons. The second-order valence-corrected chi connectivity index (χ2v) is 6.50. The van der Waals surface area contributed by atoms with E-state index in [2.05, 4.69) is 4.98 Å². The fraction of sp³-hybridized carbons (Fsp3) is 0.231. The van der Waals surface area contributed by atoms with E-state index in [1.54, 1.807) is 19.1 Å². The highest BCUT2D eigenvalue weighted by molar-refractivity contribution is 7.90. The summed E-state index contributed by atoms with van der Waals surface area (Å²) in [5.74, 6) is 0.747. The van der Waals surface area contributed by atoms with Crippen molar-refractivity contribution in [3.8, 4) is 0 Å². The molecule has 2 aromatic rings. The summed E-state index contributed by atoms with van der Waals surface area (Å²) < 4.78 is 31.2. The molecule has 21 heavy (non-hydrogen) atoms. The minimum absolute atomic E-state index is 0.000176. The third-order valence-corrected chi connectivity index (χ3v) is 4.18. The third-order valence-electron chi connectivity index (χ3n) is 2.63. The van der Waals surface area contributed by atoms with Gasteiger partial charge in [-0.2, -0.15) is 0 Å². The van der Waals surface area contributed by atoms with Crippen LogP contribution in [0.5, 0.6) is 0 Å². The first-order chi connectivity index (χ1) is 9.87. The van der Waals surface area contributed by atoms with Crippen molar-refractivity contribution in [3.05, 3.63) is 47.1 Å². The van der Waals surface area contributed by atoms with Crippen LogP contribution in [0, 0.1) is 6.92 Å². The zero-order valence-electron chi connectivity index (χ0n) is 11.2. The fourth-order valence-corrected chi connectivity index (χ4v) is 2.90. The molecule has 0 aliphatic heterocycles. The summed E-state index contributed by atoms with van der Waals surface area (Å²) in [6.45, 7) is 1.79. The molecule has 0 aromatic carbocycles. The topological polar surface area (TPSA) is 89.3 Å². The lowest BCUT2D eigenvalue weighted by molar-refractivity contribution is -0.119. The SMILES string of the molecule is Cc1ccc(CCC(=O)NS(=O)(=O)c2cncc(Cl)c2)o1. The number of nitrogens with zero attached hydrogens (tertiary/aromatic N) is 1. The fourth-order valence-electron chi connectivity index (χ4n) is 1.66. The highest BCUT2D eigenvalue weighted by Gasteiger charge is 2.18. The molecule has 0 spiro atoms. The van der Waals surface area contributed by atoms with Gasteiger partial charge in [-0.1, -0.05) is 11.6 Å². The van der Waals surface area contributed by atoms with Gasteiger partial charge in [0.2, 0.25) is 5.91 Å². The molecular formula is C13H13ClN2O4S. The van der Waals surface area contributed by atoms with E-state index in [-0.39, 0.29) is 16.3 Å². The smallest absolute Gasteiger partial charge is 0.265 e. The second kappa shape index (κ2) is 6.28. The number of halogens is 1. The number of nitrogens with one attached hydrogen (secondary N) is 1. The van der Waals surface area contributed by atoms with Crippen LogP contribution in [0.4, 0.5) is 0 Å². The van der Waals surface area contributed by atoms with Gasteiger partial charge >= 0.3 is 0 Å². The third kappa shape index (κ3) is 4.30. The van der Waals surface area contributed by atoms with Gasteiger partial charge in [-0.3, -0.25) is 9.78 Å². The summed E-state index contributed by atoms with van der Waals surface area (Å²) >= 11 is 5.68. The van der Waals surface area contributed by atoms with Crippen molar-refractivity contribution >= 4 is 27.5 Å². The Hall–Kier alpha value is -1.86. The number of aromatic nitrogens is 1. The first kappa shape index (κ1) is 15.5. The molecule has 0 aliphatic rings. The molecule has 0 saturated heterocycles. The Morgan fingerprint density at radius 1 is 1.38 bits per heavy atom. The van der Waals surface area contributed by atoms with Crippen molar-refractivity contribution in [2.45, 2.75) is 24.7 Å². The number of rotatable bonds is 5. The monoisotopic (exact) mass is 328 g/mol. The highest BCUT2D eigenvalue weighted by atomic mass is 35.5. The summed E-state index contributed by atoms with van der Waals surface area (Å²) in [5, 5.41) is 0.177. The van der Waals surface area contributed by atoms with E-state index in [9.17, 15) is 13.2 Å². The number of amides is 1. The largest absolute Gasteiger partial charge is 0.466 e. The lowest BCUT2D eigenvalue weighted by Crippen LogP contribution is -2.30. The quantitative estimate of drug-likeness (QED) is 0.907. The standard InChI is InChI=1S/C13H13ClN2O4S/c1-9-2-3-11(20-9)4-5-13(17)16-21(18,19)12-6-10(14)7-15-8-12/h2-3,6-8H,4-5H2,1H3,(H,16,17). The number of carbonyl (C=O) groups is 1. The Kier molecular flexibility index (Phi) is 4.64. The predicted molar refractivity (Wildman–Crippen MR) is 76.3 cm³/mol. The van der Waals surface area contributed by atoms with Gasteiger partial charge in [-0.25, -0.2) is 13.1 Å². The first-order valence-electron chi connectivity index (χ1n) is 6.08. The van der Waals surface area contributed by atoms with Crippen LogP contribution >= 0.6 is 11.6 Å². The van der Waals surface area contributed by atoms with E-state index < -0.39 is 15.9 Å². The van der Waals surface area contributed by atoms with E-state index in [4.69, 9.17) is 16.0 Å². The molecule has 0 unspecified atom stereocenters. The molecule has 112 valence electrons. The Balaban J connectivity index is 1.98. The zero-order valence-corrected chi connectivity index (χ0v) is 12.7. The summed E-state index contributed by atoms with van der Waals surface area (Å²) in [5.41, 5.74) is 0. The second-order valence-electron chi connectivity index (χ2n) is 4.38. The summed E-state index contributed by atoms with van der Waals surface area (Å²) in [6, 6.07) is 4.75. The van der Waals surface area contributed by atoms with Gasteiger partial charge in [0.25, 0.3) is 10.0 Å². The van der Waals surface area contributed by atoms with Gasteiger partial charge in [0, 0.05) is 25.2 Å². The Bertz CT molecular complexity index is 755. The van der Waals surface area contributed by atoms with E-state index >= 15 is 0 Å². The van der Waals surface area contributed by atoms with Gasteiger partial charge in [-0.05, 0) is 25.1 Å².